The van der Waals surface area contributed by atoms with Crippen LogP contribution in [0.4, 0.5) is 8.78 Å². The molecule has 2 heterocycles. The third-order valence-electron chi connectivity index (χ3n) is 3.93. The number of hydrogen-bond acceptors (Lipinski definition) is 1. The van der Waals surface area contributed by atoms with E-state index in [1.165, 1.54) is 0 Å². The predicted octanol–water partition coefficient (Wildman–Crippen LogP) is 5.23. The van der Waals surface area contributed by atoms with Crippen LogP contribution < -0.4 is 0 Å². The van der Waals surface area contributed by atoms with Crippen LogP contribution in [0.5, 0.6) is 0 Å². The molecule has 0 aromatic carbocycles. The molecule has 0 amide bonds. The number of hydrogen-bond donors (Lipinski definition) is 0. The van der Waals surface area contributed by atoms with Crippen molar-refractivity contribution >= 4 is 49.6 Å². The summed E-state index contributed by atoms with van der Waals surface area (Å²) in [6, 6.07) is 2.04. The van der Waals surface area contributed by atoms with Gasteiger partial charge in [0.1, 0.15) is 5.52 Å². The van der Waals surface area contributed by atoms with Crippen LogP contribution >= 0.6 is 38.5 Å². The summed E-state index contributed by atoms with van der Waals surface area (Å²) in [5, 5.41) is 0. The summed E-state index contributed by atoms with van der Waals surface area (Å²) in [7, 11) is 0. The third-order valence-corrected chi connectivity index (χ3v) is 5.15. The van der Waals surface area contributed by atoms with E-state index in [-0.39, 0.29) is 12.8 Å². The van der Waals surface area contributed by atoms with Gasteiger partial charge in [-0.05, 0) is 63.3 Å². The summed E-state index contributed by atoms with van der Waals surface area (Å²) in [4.78, 5) is 4.42. The molecule has 108 valence electrons. The number of nitrogens with zero attached hydrogens (tertiary/aromatic N) is 2. The van der Waals surface area contributed by atoms with E-state index in [4.69, 9.17) is 0 Å². The highest BCUT2D eigenvalue weighted by atomic mass is 127. The molecule has 0 unspecified atom stereocenters. The zero-order valence-electron chi connectivity index (χ0n) is 10.8. The number of rotatable bonds is 2. The van der Waals surface area contributed by atoms with Gasteiger partial charge in [0, 0.05) is 36.3 Å². The molecule has 2 nitrogen and oxygen atoms in total. The fraction of sp³-hybridized carbons (Fsp3) is 0.500. The van der Waals surface area contributed by atoms with Crippen LogP contribution in [0.15, 0.2) is 22.9 Å². The Morgan fingerprint density at radius 1 is 1.40 bits per heavy atom. The molecule has 0 N–H and O–H groups in total. The van der Waals surface area contributed by atoms with Crippen molar-refractivity contribution in [2.24, 2.45) is 5.92 Å². The normalized spacial score (nSPS) is 19.6. The summed E-state index contributed by atoms with van der Waals surface area (Å²) in [5.41, 5.74) is 2.05. The standard InChI is InChI=1S/C14H14BrF2IN2/c15-10-5-12-13(19-6-10)11(18)8-20(12)7-9-1-3-14(16,17)4-2-9/h5-6,8-9H,1-4,7H2. The Kier molecular flexibility index (Phi) is 4.05. The predicted molar refractivity (Wildman–Crippen MR) is 87.1 cm³/mol. The van der Waals surface area contributed by atoms with E-state index >= 15 is 0 Å². The molecule has 1 aliphatic rings. The Hall–Kier alpha value is -0.240. The summed E-state index contributed by atoms with van der Waals surface area (Å²) in [5.74, 6) is -2.12. The smallest absolute Gasteiger partial charge is 0.248 e. The van der Waals surface area contributed by atoms with Crippen molar-refractivity contribution in [2.75, 3.05) is 0 Å². The minimum Gasteiger partial charge on any atom is -0.345 e. The molecule has 0 spiro atoms. The molecule has 0 radical (unpaired) electrons. The third kappa shape index (κ3) is 3.00. The van der Waals surface area contributed by atoms with Gasteiger partial charge in [0.25, 0.3) is 0 Å². The van der Waals surface area contributed by atoms with Gasteiger partial charge in [0.05, 0.1) is 9.09 Å². The van der Waals surface area contributed by atoms with E-state index in [9.17, 15) is 8.78 Å². The molecule has 0 atom stereocenters. The van der Waals surface area contributed by atoms with Crippen LogP contribution in [0.25, 0.3) is 11.0 Å². The van der Waals surface area contributed by atoms with Crippen LogP contribution in [0, 0.1) is 9.49 Å². The second kappa shape index (κ2) is 5.51. The fourth-order valence-corrected chi connectivity index (χ4v) is 3.88. The molecule has 0 bridgehead atoms. The van der Waals surface area contributed by atoms with Crippen molar-refractivity contribution in [2.45, 2.75) is 38.2 Å². The molecular formula is C14H14BrF2IN2. The lowest BCUT2D eigenvalue weighted by atomic mass is 9.87. The first-order chi connectivity index (χ1) is 9.44. The quantitative estimate of drug-likeness (QED) is 0.568. The first-order valence-corrected chi connectivity index (χ1v) is 8.49. The van der Waals surface area contributed by atoms with Crippen molar-refractivity contribution < 1.29 is 8.78 Å². The number of aromatic nitrogens is 2. The highest BCUT2D eigenvalue weighted by molar-refractivity contribution is 14.1. The van der Waals surface area contributed by atoms with Gasteiger partial charge in [-0.2, -0.15) is 0 Å². The van der Waals surface area contributed by atoms with Crippen LogP contribution in [0.1, 0.15) is 25.7 Å². The first-order valence-electron chi connectivity index (χ1n) is 6.62. The molecule has 0 aliphatic heterocycles. The van der Waals surface area contributed by atoms with Gasteiger partial charge in [0.15, 0.2) is 0 Å². The minimum absolute atomic E-state index is 0.0237. The largest absolute Gasteiger partial charge is 0.345 e. The zero-order chi connectivity index (χ0) is 14.3. The lowest BCUT2D eigenvalue weighted by Crippen LogP contribution is -2.26. The molecule has 2 aromatic heterocycles. The molecule has 3 rings (SSSR count). The summed E-state index contributed by atoms with van der Waals surface area (Å²) < 4.78 is 30.6. The molecule has 6 heteroatoms. The average molecular weight is 455 g/mol. The number of halogens is 4. The van der Waals surface area contributed by atoms with E-state index < -0.39 is 5.92 Å². The summed E-state index contributed by atoms with van der Waals surface area (Å²) in [6.45, 7) is 0.799. The Balaban J connectivity index is 1.83. The van der Waals surface area contributed by atoms with E-state index in [1.54, 1.807) is 6.20 Å². The van der Waals surface area contributed by atoms with Gasteiger partial charge in [-0.15, -0.1) is 0 Å². The lowest BCUT2D eigenvalue weighted by molar-refractivity contribution is -0.0472. The van der Waals surface area contributed by atoms with Crippen molar-refractivity contribution in [3.05, 3.63) is 26.5 Å². The number of pyridine rings is 1. The number of fused-ring (bicyclic) bond motifs is 1. The molecule has 1 aliphatic carbocycles. The topological polar surface area (TPSA) is 17.8 Å². The van der Waals surface area contributed by atoms with Crippen molar-refractivity contribution in [3.63, 3.8) is 0 Å². The van der Waals surface area contributed by atoms with Crippen LogP contribution in [0.2, 0.25) is 0 Å². The molecule has 1 fully saturated rings. The van der Waals surface area contributed by atoms with Crippen molar-refractivity contribution in [3.8, 4) is 0 Å². The van der Waals surface area contributed by atoms with Gasteiger partial charge in [-0.3, -0.25) is 4.98 Å². The highest BCUT2D eigenvalue weighted by Gasteiger charge is 2.34. The maximum Gasteiger partial charge on any atom is 0.248 e. The average Bonchev–Trinajstić information content (AvgIpc) is 2.68. The van der Waals surface area contributed by atoms with E-state index in [0.717, 1.165) is 25.6 Å². The van der Waals surface area contributed by atoms with Gasteiger partial charge >= 0.3 is 0 Å². The van der Waals surface area contributed by atoms with Crippen LogP contribution in [-0.2, 0) is 6.54 Å². The molecule has 1 saturated carbocycles. The van der Waals surface area contributed by atoms with Gasteiger partial charge in [-0.1, -0.05) is 0 Å². The summed E-state index contributed by atoms with van der Waals surface area (Å²) >= 11 is 5.71. The Bertz CT molecular complexity index is 631. The lowest BCUT2D eigenvalue weighted by Gasteiger charge is -2.28. The van der Waals surface area contributed by atoms with Crippen molar-refractivity contribution in [1.29, 1.82) is 0 Å². The first kappa shape index (κ1) is 14.7. The maximum atomic E-state index is 13.2. The number of alkyl halides is 2. The Morgan fingerprint density at radius 2 is 2.10 bits per heavy atom. The highest BCUT2D eigenvalue weighted by Crippen LogP contribution is 2.37. The SMILES string of the molecule is FC1(F)CCC(Cn2cc(I)c3ncc(Br)cc32)CC1. The maximum absolute atomic E-state index is 13.2. The van der Waals surface area contributed by atoms with E-state index in [0.29, 0.717) is 18.8 Å². The van der Waals surface area contributed by atoms with Gasteiger partial charge in [0.2, 0.25) is 5.92 Å². The van der Waals surface area contributed by atoms with E-state index in [1.807, 2.05) is 6.07 Å². The van der Waals surface area contributed by atoms with Crippen LogP contribution in [-0.4, -0.2) is 15.5 Å². The second-order valence-electron chi connectivity index (χ2n) is 5.45. The fourth-order valence-electron chi connectivity index (χ4n) is 2.81. The van der Waals surface area contributed by atoms with Gasteiger partial charge in [-0.25, -0.2) is 8.78 Å². The van der Waals surface area contributed by atoms with Crippen LogP contribution in [0.3, 0.4) is 0 Å². The minimum atomic E-state index is -2.45. The van der Waals surface area contributed by atoms with Crippen molar-refractivity contribution in [1.82, 2.24) is 9.55 Å². The summed E-state index contributed by atoms with van der Waals surface area (Å²) in [6.07, 6.45) is 5.11. The Morgan fingerprint density at radius 3 is 2.80 bits per heavy atom. The monoisotopic (exact) mass is 454 g/mol. The zero-order valence-corrected chi connectivity index (χ0v) is 14.5. The second-order valence-corrected chi connectivity index (χ2v) is 7.53. The van der Waals surface area contributed by atoms with Gasteiger partial charge < -0.3 is 4.57 Å². The Labute approximate surface area is 138 Å². The molecule has 20 heavy (non-hydrogen) atoms. The van der Waals surface area contributed by atoms with E-state index in [2.05, 4.69) is 54.3 Å². The molecule has 0 saturated heterocycles. The molecular weight excluding hydrogens is 441 g/mol. The molecule has 2 aromatic rings.